The van der Waals surface area contributed by atoms with Crippen molar-refractivity contribution in [3.05, 3.63) is 90.5 Å². The summed E-state index contributed by atoms with van der Waals surface area (Å²) in [7, 11) is 0. The molecule has 0 spiro atoms. The van der Waals surface area contributed by atoms with Gasteiger partial charge in [-0.25, -0.2) is 0 Å². The van der Waals surface area contributed by atoms with Crippen molar-refractivity contribution in [3.8, 4) is 5.69 Å². The minimum atomic E-state index is 0.703. The summed E-state index contributed by atoms with van der Waals surface area (Å²) < 4.78 is 2.27. The predicted molar refractivity (Wildman–Crippen MR) is 104 cm³/mol. The van der Waals surface area contributed by atoms with Crippen molar-refractivity contribution >= 4 is 38.9 Å². The molecule has 0 aliphatic heterocycles. The largest absolute Gasteiger partial charge is 0.309 e. The topological polar surface area (TPSA) is 22.0 Å². The van der Waals surface area contributed by atoms with Crippen molar-refractivity contribution in [3.63, 3.8) is 0 Å². The highest BCUT2D eigenvalue weighted by Gasteiger charge is 2.12. The first-order valence-electron chi connectivity index (χ1n) is 8.33. The Morgan fingerprint density at radius 2 is 1.40 bits per heavy atom. The highest BCUT2D eigenvalue weighted by Crippen LogP contribution is 2.33. The van der Waals surface area contributed by atoms with Gasteiger partial charge in [0.1, 0.15) is 6.29 Å². The summed E-state index contributed by atoms with van der Waals surface area (Å²) in [4.78, 5) is 11.2. The average Bonchev–Trinajstić information content (AvgIpc) is 3.01. The Bertz CT molecular complexity index is 1260. The summed E-state index contributed by atoms with van der Waals surface area (Å²) in [5.41, 5.74) is 4.09. The standard InChI is InChI=1S/C23H15NO/c25-15-16-9-12-23-21(13-16)20-7-3-4-8-22(20)24(23)19-11-10-17-5-1-2-6-18(17)14-19/h1-15H. The first-order chi connectivity index (χ1) is 12.3. The average molecular weight is 321 g/mol. The highest BCUT2D eigenvalue weighted by molar-refractivity contribution is 6.10. The number of hydrogen-bond acceptors (Lipinski definition) is 1. The smallest absolute Gasteiger partial charge is 0.150 e. The lowest BCUT2D eigenvalue weighted by molar-refractivity contribution is 0.112. The van der Waals surface area contributed by atoms with Gasteiger partial charge in [0.05, 0.1) is 11.0 Å². The second kappa shape index (κ2) is 5.32. The molecule has 1 aromatic heterocycles. The number of aromatic nitrogens is 1. The van der Waals surface area contributed by atoms with E-state index in [0.29, 0.717) is 5.56 Å². The fourth-order valence-corrected chi connectivity index (χ4v) is 3.66. The van der Waals surface area contributed by atoms with Crippen LogP contribution in [-0.4, -0.2) is 10.9 Å². The van der Waals surface area contributed by atoms with E-state index in [4.69, 9.17) is 0 Å². The Morgan fingerprint density at radius 1 is 0.640 bits per heavy atom. The van der Waals surface area contributed by atoms with Crippen molar-refractivity contribution in [2.75, 3.05) is 0 Å². The monoisotopic (exact) mass is 321 g/mol. The molecule has 0 atom stereocenters. The van der Waals surface area contributed by atoms with E-state index < -0.39 is 0 Å². The molecule has 0 bridgehead atoms. The summed E-state index contributed by atoms with van der Waals surface area (Å²) in [5.74, 6) is 0. The van der Waals surface area contributed by atoms with Crippen molar-refractivity contribution in [1.29, 1.82) is 0 Å². The SMILES string of the molecule is O=Cc1ccc2c(c1)c1ccccc1n2-c1ccc2ccccc2c1. The minimum Gasteiger partial charge on any atom is -0.309 e. The van der Waals surface area contributed by atoms with Crippen LogP contribution in [0.5, 0.6) is 0 Å². The number of benzene rings is 4. The summed E-state index contributed by atoms with van der Waals surface area (Å²) in [5, 5.41) is 4.72. The zero-order valence-corrected chi connectivity index (χ0v) is 13.5. The number of hydrogen-bond donors (Lipinski definition) is 0. The van der Waals surface area contributed by atoms with Crippen LogP contribution in [0, 0.1) is 0 Å². The Hall–Kier alpha value is -3.39. The van der Waals surface area contributed by atoms with Crippen LogP contribution in [0.1, 0.15) is 10.4 Å². The lowest BCUT2D eigenvalue weighted by atomic mass is 10.1. The van der Waals surface area contributed by atoms with E-state index in [-0.39, 0.29) is 0 Å². The molecular weight excluding hydrogens is 306 g/mol. The van der Waals surface area contributed by atoms with Crippen LogP contribution >= 0.6 is 0 Å². The molecule has 0 aliphatic rings. The number of carbonyl (C=O) groups is 1. The molecule has 5 rings (SSSR count). The molecule has 0 N–H and O–H groups in total. The van der Waals surface area contributed by atoms with Crippen LogP contribution in [-0.2, 0) is 0 Å². The second-order valence-electron chi connectivity index (χ2n) is 6.28. The van der Waals surface area contributed by atoms with Crippen molar-refractivity contribution < 1.29 is 4.79 Å². The fourth-order valence-electron chi connectivity index (χ4n) is 3.66. The summed E-state index contributed by atoms with van der Waals surface area (Å²) in [6.45, 7) is 0. The van der Waals surface area contributed by atoms with E-state index in [2.05, 4.69) is 65.2 Å². The number of rotatable bonds is 2. The molecular formula is C23H15NO. The summed E-state index contributed by atoms with van der Waals surface area (Å²) in [6, 6.07) is 29.1. The maximum absolute atomic E-state index is 11.2. The number of aldehydes is 1. The Kier molecular flexibility index (Phi) is 2.98. The van der Waals surface area contributed by atoms with Crippen molar-refractivity contribution in [2.24, 2.45) is 0 Å². The highest BCUT2D eigenvalue weighted by atomic mass is 16.1. The number of para-hydroxylation sites is 1. The van der Waals surface area contributed by atoms with Gasteiger partial charge in [-0.15, -0.1) is 0 Å². The summed E-state index contributed by atoms with van der Waals surface area (Å²) in [6.07, 6.45) is 0.904. The zero-order chi connectivity index (χ0) is 16.8. The van der Waals surface area contributed by atoms with Crippen LogP contribution in [0.25, 0.3) is 38.3 Å². The minimum absolute atomic E-state index is 0.703. The third-order valence-corrected chi connectivity index (χ3v) is 4.82. The maximum atomic E-state index is 11.2. The Morgan fingerprint density at radius 3 is 2.28 bits per heavy atom. The molecule has 0 unspecified atom stereocenters. The van der Waals surface area contributed by atoms with Crippen molar-refractivity contribution in [1.82, 2.24) is 4.57 Å². The van der Waals surface area contributed by atoms with Crippen LogP contribution in [0.2, 0.25) is 0 Å². The van der Waals surface area contributed by atoms with Crippen LogP contribution < -0.4 is 0 Å². The van der Waals surface area contributed by atoms with Gasteiger partial charge >= 0.3 is 0 Å². The van der Waals surface area contributed by atoms with Gasteiger partial charge in [0.2, 0.25) is 0 Å². The predicted octanol–water partition coefficient (Wildman–Crippen LogP) is 5.75. The maximum Gasteiger partial charge on any atom is 0.150 e. The quantitative estimate of drug-likeness (QED) is 0.379. The molecule has 1 heterocycles. The van der Waals surface area contributed by atoms with Gasteiger partial charge in [-0.2, -0.15) is 0 Å². The van der Waals surface area contributed by atoms with Gasteiger partial charge < -0.3 is 4.57 Å². The molecule has 0 aliphatic carbocycles. The molecule has 118 valence electrons. The fraction of sp³-hybridized carbons (Fsp3) is 0. The van der Waals surface area contributed by atoms with Crippen LogP contribution in [0.15, 0.2) is 84.9 Å². The zero-order valence-electron chi connectivity index (χ0n) is 13.5. The van der Waals surface area contributed by atoms with Gasteiger partial charge in [-0.05, 0) is 47.2 Å². The first-order valence-corrected chi connectivity index (χ1v) is 8.33. The van der Waals surface area contributed by atoms with Gasteiger partial charge in [0.15, 0.2) is 0 Å². The molecule has 0 amide bonds. The van der Waals surface area contributed by atoms with E-state index in [0.717, 1.165) is 33.8 Å². The second-order valence-corrected chi connectivity index (χ2v) is 6.28. The molecule has 0 fully saturated rings. The van der Waals surface area contributed by atoms with Gasteiger partial charge in [0, 0.05) is 22.0 Å². The number of fused-ring (bicyclic) bond motifs is 4. The van der Waals surface area contributed by atoms with E-state index in [1.165, 1.54) is 10.8 Å². The third-order valence-electron chi connectivity index (χ3n) is 4.82. The molecule has 0 saturated heterocycles. The lowest BCUT2D eigenvalue weighted by Gasteiger charge is -2.09. The van der Waals surface area contributed by atoms with Gasteiger partial charge in [-0.3, -0.25) is 4.79 Å². The van der Waals surface area contributed by atoms with Crippen LogP contribution in [0.3, 0.4) is 0 Å². The van der Waals surface area contributed by atoms with E-state index in [1.54, 1.807) is 0 Å². The number of nitrogens with zero attached hydrogens (tertiary/aromatic N) is 1. The molecule has 2 nitrogen and oxygen atoms in total. The normalized spacial score (nSPS) is 11.4. The third kappa shape index (κ3) is 2.08. The Balaban J connectivity index is 1.91. The molecule has 2 heteroatoms. The first kappa shape index (κ1) is 14.0. The van der Waals surface area contributed by atoms with Crippen LogP contribution in [0.4, 0.5) is 0 Å². The van der Waals surface area contributed by atoms with E-state index in [1.807, 2.05) is 24.3 Å². The Labute approximate surface area is 144 Å². The van der Waals surface area contributed by atoms with Gasteiger partial charge in [0.25, 0.3) is 0 Å². The summed E-state index contributed by atoms with van der Waals surface area (Å²) >= 11 is 0. The van der Waals surface area contributed by atoms with Gasteiger partial charge in [-0.1, -0.05) is 48.5 Å². The molecule has 0 saturated carbocycles. The molecule has 25 heavy (non-hydrogen) atoms. The molecule has 0 radical (unpaired) electrons. The van der Waals surface area contributed by atoms with E-state index >= 15 is 0 Å². The van der Waals surface area contributed by atoms with Crippen molar-refractivity contribution in [2.45, 2.75) is 0 Å². The number of carbonyl (C=O) groups excluding carboxylic acids is 1. The van der Waals surface area contributed by atoms with E-state index in [9.17, 15) is 4.79 Å². The lowest BCUT2D eigenvalue weighted by Crippen LogP contribution is -1.93. The molecule has 4 aromatic carbocycles. The molecule has 5 aromatic rings.